The number of aromatic nitrogens is 1. The standard InChI is InChI=1S/C27H41N3O15S/c1-10(34)29-16-19(37)18(36)12(7-31)41-25(16)44-24-13(8-32)42-26(22(40)21(24)39)45-23-14(9-33)43-27(17(20(23)38)30-11(2)35)46-15-5-3-4-6-28-15/h3-6,12-14,16-27,31-33,36-40H,7-9H2,1-2H3,(H,29,34)(H,30,35)/t12-,13-,14-,16-,17-,18-,19-,20-,21-,22-,23-,24+,25-,26+,27+/m1/s1. The molecule has 0 radical (unpaired) electrons. The summed E-state index contributed by atoms with van der Waals surface area (Å²) in [6.07, 6.45) is -17.4. The topological polar surface area (TPSA) is 279 Å². The molecule has 19 heteroatoms. The minimum absolute atomic E-state index is 0.506. The Bertz CT molecular complexity index is 1140. The SMILES string of the molecule is CC(=O)N[C@@H]1[C@@H](O)[C@H](O[C@@H]2O[C@H](CO)[C@H](O[C@H]3O[C@H](CO)[C@@H](O)[C@H](O)[C@H]3NC(C)=O)[C@H](O)[C@H]2O)[C@@H](CO)O[C@H]1Sc1ccccn1. The zero-order valence-corrected chi connectivity index (χ0v) is 25.7. The van der Waals surface area contributed by atoms with E-state index in [1.165, 1.54) is 6.92 Å². The van der Waals surface area contributed by atoms with Crippen molar-refractivity contribution in [3.8, 4) is 0 Å². The molecule has 10 N–H and O–H groups in total. The number of nitrogens with zero attached hydrogens (tertiary/aromatic N) is 1. The first-order chi connectivity index (χ1) is 21.9. The fraction of sp³-hybridized carbons (Fsp3) is 0.741. The van der Waals surface area contributed by atoms with Crippen LogP contribution in [0.2, 0.25) is 0 Å². The molecular weight excluding hydrogens is 638 g/mol. The van der Waals surface area contributed by atoms with Crippen LogP contribution in [0.1, 0.15) is 13.8 Å². The summed E-state index contributed by atoms with van der Waals surface area (Å²) in [5, 5.41) is 89.6. The van der Waals surface area contributed by atoms with E-state index in [2.05, 4.69) is 15.6 Å². The van der Waals surface area contributed by atoms with Crippen LogP contribution in [-0.4, -0.2) is 169 Å². The minimum atomic E-state index is -1.91. The van der Waals surface area contributed by atoms with Crippen molar-refractivity contribution in [3.05, 3.63) is 24.4 Å². The smallest absolute Gasteiger partial charge is 0.217 e. The van der Waals surface area contributed by atoms with Crippen molar-refractivity contribution in [2.45, 2.75) is 110 Å². The van der Waals surface area contributed by atoms with Crippen molar-refractivity contribution in [1.82, 2.24) is 15.6 Å². The molecule has 2 amide bonds. The number of ether oxygens (including phenoxy) is 5. The quantitative estimate of drug-likeness (QED) is 0.105. The van der Waals surface area contributed by atoms with Crippen LogP contribution >= 0.6 is 11.8 Å². The number of thioether (sulfide) groups is 1. The first-order valence-electron chi connectivity index (χ1n) is 14.5. The highest BCUT2D eigenvalue weighted by molar-refractivity contribution is 7.99. The van der Waals surface area contributed by atoms with Crippen molar-refractivity contribution >= 4 is 23.6 Å². The highest BCUT2D eigenvalue weighted by atomic mass is 32.2. The van der Waals surface area contributed by atoms with Gasteiger partial charge in [0, 0.05) is 20.0 Å². The van der Waals surface area contributed by atoms with Gasteiger partial charge in [-0.2, -0.15) is 0 Å². The van der Waals surface area contributed by atoms with Gasteiger partial charge in [0.15, 0.2) is 12.6 Å². The Hall–Kier alpha value is -2.08. The number of hydrogen-bond donors (Lipinski definition) is 10. The van der Waals surface area contributed by atoms with E-state index in [4.69, 9.17) is 23.7 Å². The lowest BCUT2D eigenvalue weighted by atomic mass is 9.95. The summed E-state index contributed by atoms with van der Waals surface area (Å²) in [5.74, 6) is -1.14. The number of aliphatic hydroxyl groups is 8. The average Bonchev–Trinajstić information content (AvgIpc) is 3.03. The molecule has 4 rings (SSSR count). The van der Waals surface area contributed by atoms with Gasteiger partial charge in [-0.15, -0.1) is 0 Å². The van der Waals surface area contributed by atoms with Crippen molar-refractivity contribution < 1.29 is 74.1 Å². The lowest BCUT2D eigenvalue weighted by molar-refractivity contribution is -0.361. The third kappa shape index (κ3) is 8.31. The first-order valence-corrected chi connectivity index (χ1v) is 15.4. The number of pyridine rings is 1. The summed E-state index contributed by atoms with van der Waals surface area (Å²) in [6, 6.07) is 2.63. The number of aliphatic hydroxyl groups excluding tert-OH is 8. The molecule has 0 spiro atoms. The summed E-state index contributed by atoms with van der Waals surface area (Å²) >= 11 is 1.08. The summed E-state index contributed by atoms with van der Waals surface area (Å²) < 4.78 is 28.8. The molecular formula is C27H41N3O15S. The van der Waals surface area contributed by atoms with Crippen LogP contribution in [0.4, 0.5) is 0 Å². The van der Waals surface area contributed by atoms with Gasteiger partial charge in [-0.25, -0.2) is 4.98 Å². The average molecular weight is 680 g/mol. The summed E-state index contributed by atoms with van der Waals surface area (Å²) in [5.41, 5.74) is -0.930. The Kier molecular flexibility index (Phi) is 13.1. The van der Waals surface area contributed by atoms with Gasteiger partial charge < -0.3 is 75.2 Å². The largest absolute Gasteiger partial charge is 0.394 e. The summed E-state index contributed by atoms with van der Waals surface area (Å²) in [4.78, 5) is 28.0. The fourth-order valence-corrected chi connectivity index (χ4v) is 6.58. The van der Waals surface area contributed by atoms with Crippen molar-refractivity contribution in [2.75, 3.05) is 19.8 Å². The first kappa shape index (κ1) is 36.8. The van der Waals surface area contributed by atoms with Crippen molar-refractivity contribution in [1.29, 1.82) is 0 Å². The summed E-state index contributed by atoms with van der Waals surface area (Å²) in [6.45, 7) is 0.140. The highest BCUT2D eigenvalue weighted by Crippen LogP contribution is 2.36. The van der Waals surface area contributed by atoms with Crippen LogP contribution in [0.3, 0.4) is 0 Å². The number of rotatable bonds is 11. The van der Waals surface area contributed by atoms with Gasteiger partial charge in [-0.05, 0) is 12.1 Å². The molecule has 0 unspecified atom stereocenters. The van der Waals surface area contributed by atoms with Gasteiger partial charge in [0.2, 0.25) is 11.8 Å². The van der Waals surface area contributed by atoms with Crippen LogP contribution in [0.25, 0.3) is 0 Å². The monoisotopic (exact) mass is 679 g/mol. The Morgan fingerprint density at radius 2 is 1.30 bits per heavy atom. The number of nitrogens with one attached hydrogen (secondary N) is 2. The molecule has 3 saturated heterocycles. The van der Waals surface area contributed by atoms with E-state index >= 15 is 0 Å². The number of carbonyl (C=O) groups is 2. The second kappa shape index (κ2) is 16.3. The lowest BCUT2D eigenvalue weighted by Crippen LogP contribution is -2.68. The molecule has 3 fully saturated rings. The Balaban J connectivity index is 1.51. The second-order valence-corrected chi connectivity index (χ2v) is 12.2. The summed E-state index contributed by atoms with van der Waals surface area (Å²) in [7, 11) is 0. The molecule has 18 nitrogen and oxygen atoms in total. The number of hydrogen-bond acceptors (Lipinski definition) is 17. The van der Waals surface area contributed by atoms with Crippen LogP contribution in [0.15, 0.2) is 29.4 Å². The predicted octanol–water partition coefficient (Wildman–Crippen LogP) is -5.09. The van der Waals surface area contributed by atoms with Crippen LogP contribution in [-0.2, 0) is 33.3 Å². The minimum Gasteiger partial charge on any atom is -0.394 e. The Morgan fingerprint density at radius 1 is 0.739 bits per heavy atom. The van der Waals surface area contributed by atoms with Crippen LogP contribution < -0.4 is 10.6 Å². The predicted molar refractivity (Wildman–Crippen MR) is 152 cm³/mol. The third-order valence-electron chi connectivity index (χ3n) is 7.75. The van der Waals surface area contributed by atoms with Crippen molar-refractivity contribution in [3.63, 3.8) is 0 Å². The highest BCUT2D eigenvalue weighted by Gasteiger charge is 2.54. The normalized spacial score (nSPS) is 41.5. The zero-order valence-electron chi connectivity index (χ0n) is 24.9. The molecule has 3 aliphatic heterocycles. The molecule has 4 heterocycles. The van der Waals surface area contributed by atoms with Gasteiger partial charge in [-0.3, -0.25) is 9.59 Å². The van der Waals surface area contributed by atoms with E-state index in [1.54, 1.807) is 24.4 Å². The zero-order chi connectivity index (χ0) is 33.7. The molecule has 46 heavy (non-hydrogen) atoms. The van der Waals surface area contributed by atoms with Gasteiger partial charge in [0.1, 0.15) is 72.5 Å². The Labute approximate surface area is 267 Å². The van der Waals surface area contributed by atoms with Crippen molar-refractivity contribution in [2.24, 2.45) is 0 Å². The van der Waals surface area contributed by atoms with E-state index in [1.807, 2.05) is 0 Å². The number of carbonyl (C=O) groups excluding carboxylic acids is 2. The Morgan fingerprint density at radius 3 is 1.89 bits per heavy atom. The maximum Gasteiger partial charge on any atom is 0.217 e. The molecule has 1 aromatic heterocycles. The van der Waals surface area contributed by atoms with E-state index < -0.39 is 123 Å². The lowest BCUT2D eigenvalue weighted by Gasteiger charge is -2.49. The number of amides is 2. The molecule has 3 aliphatic rings. The third-order valence-corrected chi connectivity index (χ3v) is 8.87. The van der Waals surface area contributed by atoms with Gasteiger partial charge >= 0.3 is 0 Å². The van der Waals surface area contributed by atoms with E-state index in [9.17, 15) is 50.4 Å². The molecule has 1 aromatic rings. The van der Waals surface area contributed by atoms with E-state index in [-0.39, 0.29) is 0 Å². The van der Waals surface area contributed by atoms with Crippen LogP contribution in [0, 0.1) is 0 Å². The molecule has 0 saturated carbocycles. The fourth-order valence-electron chi connectivity index (χ4n) is 5.49. The molecule has 15 atom stereocenters. The van der Waals surface area contributed by atoms with Gasteiger partial charge in [0.25, 0.3) is 0 Å². The van der Waals surface area contributed by atoms with Gasteiger partial charge in [-0.1, -0.05) is 17.8 Å². The van der Waals surface area contributed by atoms with E-state index in [0.717, 1.165) is 18.7 Å². The van der Waals surface area contributed by atoms with E-state index in [0.29, 0.717) is 5.03 Å². The maximum atomic E-state index is 12.0. The molecule has 0 aromatic carbocycles. The molecule has 0 bridgehead atoms. The second-order valence-electron chi connectivity index (χ2n) is 11.1. The maximum absolute atomic E-state index is 12.0. The van der Waals surface area contributed by atoms with Crippen LogP contribution in [0.5, 0.6) is 0 Å². The van der Waals surface area contributed by atoms with Gasteiger partial charge in [0.05, 0.1) is 30.9 Å². The molecule has 260 valence electrons. The molecule has 0 aliphatic carbocycles.